The number of nitrogens with zero attached hydrogens (tertiary/aromatic N) is 2. The third-order valence-electron chi connectivity index (χ3n) is 3.81. The molecule has 1 atom stereocenters. The van der Waals surface area contributed by atoms with Crippen molar-refractivity contribution in [3.8, 4) is 5.75 Å². The van der Waals surface area contributed by atoms with Gasteiger partial charge in [0.2, 0.25) is 0 Å². The maximum Gasteiger partial charge on any atom is 0.471 e. The molecule has 25 heavy (non-hydrogen) atoms. The standard InChI is InChI=1S/C16H18ClF3N2O3/c1-11(25-13-5-3-12(17)4-6-13)14(23)21-7-2-8-22(10-9-21)15(24)16(18,19)20/h3-6,11H,2,7-10H2,1H3. The van der Waals surface area contributed by atoms with Crippen LogP contribution < -0.4 is 4.74 Å². The van der Waals surface area contributed by atoms with E-state index in [9.17, 15) is 22.8 Å². The van der Waals surface area contributed by atoms with Crippen molar-refractivity contribution < 1.29 is 27.5 Å². The lowest BCUT2D eigenvalue weighted by Crippen LogP contribution is -2.45. The zero-order chi connectivity index (χ0) is 18.6. The van der Waals surface area contributed by atoms with Gasteiger partial charge in [-0.1, -0.05) is 11.6 Å². The van der Waals surface area contributed by atoms with Crippen LogP contribution in [0.3, 0.4) is 0 Å². The first-order valence-corrected chi connectivity index (χ1v) is 8.13. The summed E-state index contributed by atoms with van der Waals surface area (Å²) in [5.74, 6) is -1.74. The van der Waals surface area contributed by atoms with Gasteiger partial charge in [0.25, 0.3) is 5.91 Å². The van der Waals surface area contributed by atoms with Gasteiger partial charge in [0.15, 0.2) is 6.10 Å². The van der Waals surface area contributed by atoms with Gasteiger partial charge < -0.3 is 14.5 Å². The molecule has 0 N–H and O–H groups in total. The fourth-order valence-electron chi connectivity index (χ4n) is 2.55. The highest BCUT2D eigenvalue weighted by Crippen LogP contribution is 2.20. The average molecular weight is 379 g/mol. The van der Waals surface area contributed by atoms with Crippen molar-refractivity contribution in [3.63, 3.8) is 0 Å². The number of rotatable bonds is 3. The van der Waals surface area contributed by atoms with Gasteiger partial charge in [0.05, 0.1) is 0 Å². The second-order valence-corrected chi connectivity index (χ2v) is 6.12. The van der Waals surface area contributed by atoms with Gasteiger partial charge in [-0.05, 0) is 37.6 Å². The summed E-state index contributed by atoms with van der Waals surface area (Å²) in [7, 11) is 0. The second kappa shape index (κ2) is 7.95. The van der Waals surface area contributed by atoms with E-state index in [1.807, 2.05) is 0 Å². The van der Waals surface area contributed by atoms with Crippen LogP contribution >= 0.6 is 11.6 Å². The summed E-state index contributed by atoms with van der Waals surface area (Å²) in [5, 5.41) is 0.535. The van der Waals surface area contributed by atoms with Crippen LogP contribution in [0.1, 0.15) is 13.3 Å². The van der Waals surface area contributed by atoms with Gasteiger partial charge >= 0.3 is 12.1 Å². The van der Waals surface area contributed by atoms with Crippen LogP contribution in [0.4, 0.5) is 13.2 Å². The van der Waals surface area contributed by atoms with Crippen LogP contribution in [0.25, 0.3) is 0 Å². The zero-order valence-electron chi connectivity index (χ0n) is 13.6. The molecule has 0 aliphatic carbocycles. The normalized spacial score (nSPS) is 17.0. The van der Waals surface area contributed by atoms with Gasteiger partial charge in [-0.15, -0.1) is 0 Å². The van der Waals surface area contributed by atoms with Crippen molar-refractivity contribution in [1.29, 1.82) is 0 Å². The summed E-state index contributed by atoms with van der Waals surface area (Å²) < 4.78 is 43.1. The first-order chi connectivity index (χ1) is 11.7. The summed E-state index contributed by atoms with van der Waals surface area (Å²) in [6.07, 6.45) is -5.42. The van der Waals surface area contributed by atoms with Gasteiger partial charge in [0, 0.05) is 31.2 Å². The molecule has 0 aromatic heterocycles. The van der Waals surface area contributed by atoms with E-state index in [-0.39, 0.29) is 38.5 Å². The molecule has 2 rings (SSSR count). The lowest BCUT2D eigenvalue weighted by atomic mass is 10.3. The Morgan fingerprint density at radius 2 is 1.64 bits per heavy atom. The Morgan fingerprint density at radius 1 is 1.08 bits per heavy atom. The molecule has 1 unspecified atom stereocenters. The molecule has 0 radical (unpaired) electrons. The lowest BCUT2D eigenvalue weighted by molar-refractivity contribution is -0.185. The van der Waals surface area contributed by atoms with Crippen molar-refractivity contribution >= 4 is 23.4 Å². The molecule has 0 saturated carbocycles. The van der Waals surface area contributed by atoms with Crippen LogP contribution in [0, 0.1) is 0 Å². The number of hydrogen-bond donors (Lipinski definition) is 0. The Labute approximate surface area is 148 Å². The minimum absolute atomic E-state index is 0.0332. The third kappa shape index (κ3) is 5.26. The van der Waals surface area contributed by atoms with Crippen LogP contribution in [0.2, 0.25) is 5.02 Å². The van der Waals surface area contributed by atoms with E-state index in [0.717, 1.165) is 4.90 Å². The number of carbonyl (C=O) groups is 2. The monoisotopic (exact) mass is 378 g/mol. The van der Waals surface area contributed by atoms with E-state index < -0.39 is 18.2 Å². The zero-order valence-corrected chi connectivity index (χ0v) is 14.3. The van der Waals surface area contributed by atoms with E-state index in [1.165, 1.54) is 4.90 Å². The predicted molar refractivity (Wildman–Crippen MR) is 85.4 cm³/mol. The van der Waals surface area contributed by atoms with Crippen LogP contribution in [0.5, 0.6) is 5.75 Å². The minimum atomic E-state index is -4.90. The van der Waals surface area contributed by atoms with Gasteiger partial charge in [-0.3, -0.25) is 9.59 Å². The summed E-state index contributed by atoms with van der Waals surface area (Å²) in [5.41, 5.74) is 0. The predicted octanol–water partition coefficient (Wildman–Crippen LogP) is 2.73. The van der Waals surface area contributed by atoms with E-state index in [1.54, 1.807) is 31.2 Å². The molecule has 1 saturated heterocycles. The number of carbonyl (C=O) groups excluding carboxylic acids is 2. The van der Waals surface area contributed by atoms with Crippen LogP contribution in [-0.4, -0.2) is 60.1 Å². The lowest BCUT2D eigenvalue weighted by Gasteiger charge is -2.25. The highest BCUT2D eigenvalue weighted by Gasteiger charge is 2.42. The largest absolute Gasteiger partial charge is 0.481 e. The highest BCUT2D eigenvalue weighted by atomic mass is 35.5. The number of halogens is 4. The fraction of sp³-hybridized carbons (Fsp3) is 0.500. The third-order valence-corrected chi connectivity index (χ3v) is 4.06. The van der Waals surface area contributed by atoms with E-state index in [0.29, 0.717) is 10.8 Å². The van der Waals surface area contributed by atoms with Crippen molar-refractivity contribution in [2.45, 2.75) is 25.6 Å². The molecular formula is C16H18ClF3N2O3. The maximum atomic E-state index is 12.5. The SMILES string of the molecule is CC(Oc1ccc(Cl)cc1)C(=O)N1CCCN(C(=O)C(F)(F)F)CC1. The Morgan fingerprint density at radius 3 is 2.24 bits per heavy atom. The smallest absolute Gasteiger partial charge is 0.471 e. The molecule has 0 bridgehead atoms. The molecule has 9 heteroatoms. The second-order valence-electron chi connectivity index (χ2n) is 5.68. The number of ether oxygens (including phenoxy) is 1. The van der Waals surface area contributed by atoms with E-state index in [2.05, 4.69) is 0 Å². The highest BCUT2D eigenvalue weighted by molar-refractivity contribution is 6.30. The summed E-state index contributed by atoms with van der Waals surface area (Å²) in [4.78, 5) is 25.9. The molecule has 1 fully saturated rings. The van der Waals surface area contributed by atoms with Gasteiger partial charge in [-0.25, -0.2) is 0 Å². The Hall–Kier alpha value is -1.96. The molecule has 1 aromatic rings. The summed E-state index contributed by atoms with van der Waals surface area (Å²) >= 11 is 5.78. The van der Waals surface area contributed by atoms with Crippen LogP contribution in [-0.2, 0) is 9.59 Å². The van der Waals surface area contributed by atoms with Gasteiger partial charge in [0.1, 0.15) is 5.75 Å². The topological polar surface area (TPSA) is 49.9 Å². The Bertz CT molecular complexity index is 622. The maximum absolute atomic E-state index is 12.5. The van der Waals surface area contributed by atoms with Crippen molar-refractivity contribution in [2.75, 3.05) is 26.2 Å². The molecule has 1 heterocycles. The minimum Gasteiger partial charge on any atom is -0.481 e. The number of alkyl halides is 3. The van der Waals surface area contributed by atoms with E-state index in [4.69, 9.17) is 16.3 Å². The van der Waals surface area contributed by atoms with Crippen molar-refractivity contribution in [2.24, 2.45) is 0 Å². The number of benzene rings is 1. The molecule has 5 nitrogen and oxygen atoms in total. The quantitative estimate of drug-likeness (QED) is 0.812. The number of amides is 2. The first-order valence-electron chi connectivity index (χ1n) is 7.75. The average Bonchev–Trinajstić information content (AvgIpc) is 2.80. The van der Waals surface area contributed by atoms with Crippen LogP contribution in [0.15, 0.2) is 24.3 Å². The molecule has 1 aromatic carbocycles. The molecule has 1 aliphatic heterocycles. The molecule has 1 aliphatic rings. The van der Waals surface area contributed by atoms with Gasteiger partial charge in [-0.2, -0.15) is 13.2 Å². The number of hydrogen-bond acceptors (Lipinski definition) is 3. The summed E-state index contributed by atoms with van der Waals surface area (Å²) in [6.45, 7) is 1.69. The molecule has 2 amide bonds. The Kier molecular flexibility index (Phi) is 6.16. The molecule has 0 spiro atoms. The molecular weight excluding hydrogens is 361 g/mol. The summed E-state index contributed by atoms with van der Waals surface area (Å²) in [6, 6.07) is 6.50. The van der Waals surface area contributed by atoms with E-state index >= 15 is 0 Å². The fourth-order valence-corrected chi connectivity index (χ4v) is 2.67. The molecule has 138 valence electrons. The van der Waals surface area contributed by atoms with Crippen molar-refractivity contribution in [3.05, 3.63) is 29.3 Å². The Balaban J connectivity index is 1.93. The first kappa shape index (κ1) is 19.4. The van der Waals surface area contributed by atoms with Crippen molar-refractivity contribution in [1.82, 2.24) is 9.80 Å².